The van der Waals surface area contributed by atoms with Gasteiger partial charge in [-0.2, -0.15) is 0 Å². The minimum absolute atomic E-state index is 0.0117. The van der Waals surface area contributed by atoms with E-state index in [1.54, 1.807) is 0 Å². The van der Waals surface area contributed by atoms with E-state index < -0.39 is 15.8 Å². The summed E-state index contributed by atoms with van der Waals surface area (Å²) in [5.74, 6) is -0.772. The molecular weight excluding hydrogens is 340 g/mol. The third kappa shape index (κ3) is 3.76. The van der Waals surface area contributed by atoms with Crippen LogP contribution in [0.2, 0.25) is 5.02 Å². The fraction of sp³-hybridized carbons (Fsp3) is 0.0714. The lowest BCUT2D eigenvalue weighted by Crippen LogP contribution is -2.12. The Balaban J connectivity index is 2.26. The second-order valence-electron chi connectivity index (χ2n) is 4.74. The maximum absolute atomic E-state index is 11.1. The first-order chi connectivity index (χ1) is 11.3. The monoisotopic (exact) mass is 350 g/mol. The zero-order valence-electron chi connectivity index (χ0n) is 12.1. The van der Waals surface area contributed by atoms with Gasteiger partial charge in [-0.25, -0.2) is 0 Å². The number of amides is 1. The first kappa shape index (κ1) is 17.2. The van der Waals surface area contributed by atoms with E-state index in [-0.39, 0.29) is 28.5 Å². The summed E-state index contributed by atoms with van der Waals surface area (Å²) < 4.78 is 0. The number of rotatable bonds is 6. The zero-order valence-corrected chi connectivity index (χ0v) is 12.8. The summed E-state index contributed by atoms with van der Waals surface area (Å²) in [6, 6.07) is 7.95. The van der Waals surface area contributed by atoms with Crippen LogP contribution in [0.4, 0.5) is 17.1 Å². The van der Waals surface area contributed by atoms with Crippen LogP contribution in [0.3, 0.4) is 0 Å². The second kappa shape index (κ2) is 6.92. The van der Waals surface area contributed by atoms with E-state index in [0.29, 0.717) is 11.3 Å². The van der Waals surface area contributed by atoms with Crippen molar-refractivity contribution in [1.29, 1.82) is 0 Å². The summed E-state index contributed by atoms with van der Waals surface area (Å²) >= 11 is 5.72. The molecule has 0 heterocycles. The summed E-state index contributed by atoms with van der Waals surface area (Å²) in [5.41, 5.74) is 5.24. The van der Waals surface area contributed by atoms with Crippen molar-refractivity contribution in [3.05, 3.63) is 72.8 Å². The van der Waals surface area contributed by atoms with Gasteiger partial charge in [-0.05, 0) is 24.3 Å². The normalized spacial score (nSPS) is 10.2. The van der Waals surface area contributed by atoms with Crippen LogP contribution in [0.5, 0.6) is 0 Å². The molecule has 124 valence electrons. The van der Waals surface area contributed by atoms with Crippen molar-refractivity contribution >= 4 is 34.6 Å². The Labute approximate surface area is 140 Å². The van der Waals surface area contributed by atoms with Crippen LogP contribution < -0.4 is 11.1 Å². The molecule has 2 aromatic carbocycles. The standard InChI is InChI=1S/C14H11ClN4O5/c15-11-4-3-10(6-13(11)19(23)24)17-7-9-2-1-8(14(16)20)5-12(9)18(21)22/h1-6,17H,7H2,(H2,16,20). The van der Waals surface area contributed by atoms with Gasteiger partial charge in [0.05, 0.1) is 9.85 Å². The number of primary amides is 1. The molecule has 0 atom stereocenters. The number of nitrogens with zero attached hydrogens (tertiary/aromatic N) is 2. The SMILES string of the molecule is NC(=O)c1ccc(CNc2ccc(Cl)c([N+](=O)[O-])c2)c([N+](=O)[O-])c1. The summed E-state index contributed by atoms with van der Waals surface area (Å²) in [7, 11) is 0. The van der Waals surface area contributed by atoms with Gasteiger partial charge >= 0.3 is 0 Å². The molecule has 10 heteroatoms. The largest absolute Gasteiger partial charge is 0.380 e. The van der Waals surface area contributed by atoms with Crippen molar-refractivity contribution in [3.8, 4) is 0 Å². The Bertz CT molecular complexity index is 840. The van der Waals surface area contributed by atoms with Crippen molar-refractivity contribution in [2.24, 2.45) is 5.73 Å². The van der Waals surface area contributed by atoms with Gasteiger partial charge in [-0.1, -0.05) is 11.6 Å². The van der Waals surface area contributed by atoms with Gasteiger partial charge < -0.3 is 11.1 Å². The van der Waals surface area contributed by atoms with Crippen LogP contribution in [0, 0.1) is 20.2 Å². The van der Waals surface area contributed by atoms with Crippen LogP contribution in [-0.2, 0) is 6.54 Å². The highest BCUT2D eigenvalue weighted by Crippen LogP contribution is 2.28. The van der Waals surface area contributed by atoms with E-state index in [9.17, 15) is 25.0 Å². The second-order valence-corrected chi connectivity index (χ2v) is 5.15. The molecule has 0 fully saturated rings. The van der Waals surface area contributed by atoms with E-state index in [0.717, 1.165) is 6.07 Å². The maximum atomic E-state index is 11.1. The zero-order chi connectivity index (χ0) is 17.9. The first-order valence-electron chi connectivity index (χ1n) is 6.54. The van der Waals surface area contributed by atoms with E-state index in [4.69, 9.17) is 17.3 Å². The number of nitro benzene ring substituents is 2. The van der Waals surface area contributed by atoms with Gasteiger partial charge in [0.15, 0.2) is 0 Å². The number of halogens is 1. The molecular formula is C14H11ClN4O5. The molecule has 0 saturated carbocycles. The van der Waals surface area contributed by atoms with Gasteiger partial charge in [-0.15, -0.1) is 0 Å². The molecule has 0 aliphatic carbocycles. The van der Waals surface area contributed by atoms with E-state index in [1.165, 1.54) is 30.3 Å². The van der Waals surface area contributed by atoms with Gasteiger partial charge in [0.1, 0.15) is 5.02 Å². The molecule has 9 nitrogen and oxygen atoms in total. The lowest BCUT2D eigenvalue weighted by Gasteiger charge is -2.08. The van der Waals surface area contributed by atoms with Crippen LogP contribution in [0.1, 0.15) is 15.9 Å². The minimum Gasteiger partial charge on any atom is -0.380 e. The van der Waals surface area contributed by atoms with Crippen molar-refractivity contribution in [2.75, 3.05) is 5.32 Å². The van der Waals surface area contributed by atoms with Crippen molar-refractivity contribution < 1.29 is 14.6 Å². The molecule has 0 saturated heterocycles. The number of benzene rings is 2. The Morgan fingerprint density at radius 1 is 1.08 bits per heavy atom. The molecule has 3 N–H and O–H groups in total. The highest BCUT2D eigenvalue weighted by atomic mass is 35.5. The Hall–Kier alpha value is -3.20. The third-order valence-electron chi connectivity index (χ3n) is 3.19. The van der Waals surface area contributed by atoms with Crippen LogP contribution >= 0.6 is 11.6 Å². The summed E-state index contributed by atoms with van der Waals surface area (Å²) in [6.45, 7) is 0.0220. The average Bonchev–Trinajstić information content (AvgIpc) is 2.53. The summed E-state index contributed by atoms with van der Waals surface area (Å²) in [5, 5.41) is 24.8. The topological polar surface area (TPSA) is 141 Å². The number of hydrogen-bond acceptors (Lipinski definition) is 6. The highest BCUT2D eigenvalue weighted by molar-refractivity contribution is 6.32. The molecule has 0 unspecified atom stereocenters. The third-order valence-corrected chi connectivity index (χ3v) is 3.51. The molecule has 0 radical (unpaired) electrons. The lowest BCUT2D eigenvalue weighted by atomic mass is 10.1. The van der Waals surface area contributed by atoms with Gasteiger partial charge in [0, 0.05) is 35.5 Å². The predicted molar refractivity (Wildman–Crippen MR) is 87.0 cm³/mol. The Kier molecular flexibility index (Phi) is 4.95. The van der Waals surface area contributed by atoms with Crippen LogP contribution in [-0.4, -0.2) is 15.8 Å². The number of anilines is 1. The van der Waals surface area contributed by atoms with Crippen molar-refractivity contribution in [1.82, 2.24) is 0 Å². The van der Waals surface area contributed by atoms with Crippen molar-refractivity contribution in [2.45, 2.75) is 6.54 Å². The number of nitrogens with one attached hydrogen (secondary N) is 1. The lowest BCUT2D eigenvalue weighted by molar-refractivity contribution is -0.385. The molecule has 24 heavy (non-hydrogen) atoms. The molecule has 1 amide bonds. The summed E-state index contributed by atoms with van der Waals surface area (Å²) in [4.78, 5) is 31.8. The maximum Gasteiger partial charge on any atom is 0.289 e. The van der Waals surface area contributed by atoms with E-state index >= 15 is 0 Å². The molecule has 2 rings (SSSR count). The molecule has 2 aromatic rings. The molecule has 0 aromatic heterocycles. The van der Waals surface area contributed by atoms with E-state index in [2.05, 4.69) is 5.32 Å². The molecule has 0 aliphatic rings. The Morgan fingerprint density at radius 3 is 2.33 bits per heavy atom. The number of nitrogens with two attached hydrogens (primary N) is 1. The smallest absolute Gasteiger partial charge is 0.289 e. The first-order valence-corrected chi connectivity index (χ1v) is 6.92. The van der Waals surface area contributed by atoms with Gasteiger partial charge in [0.2, 0.25) is 5.91 Å². The fourth-order valence-electron chi connectivity index (χ4n) is 2.00. The number of carbonyl (C=O) groups excluding carboxylic acids is 1. The quantitative estimate of drug-likeness (QED) is 0.606. The highest BCUT2D eigenvalue weighted by Gasteiger charge is 2.17. The number of carbonyl (C=O) groups is 1. The van der Waals surface area contributed by atoms with E-state index in [1.807, 2.05) is 0 Å². The van der Waals surface area contributed by atoms with Gasteiger partial charge in [-0.3, -0.25) is 25.0 Å². The van der Waals surface area contributed by atoms with Crippen LogP contribution in [0.25, 0.3) is 0 Å². The minimum atomic E-state index is -0.772. The number of hydrogen-bond donors (Lipinski definition) is 2. The summed E-state index contributed by atoms with van der Waals surface area (Å²) in [6.07, 6.45) is 0. The number of nitro groups is 2. The van der Waals surface area contributed by atoms with Crippen molar-refractivity contribution in [3.63, 3.8) is 0 Å². The molecule has 0 spiro atoms. The molecule has 0 bridgehead atoms. The Morgan fingerprint density at radius 2 is 1.75 bits per heavy atom. The van der Waals surface area contributed by atoms with Crippen LogP contribution in [0.15, 0.2) is 36.4 Å². The van der Waals surface area contributed by atoms with Gasteiger partial charge in [0.25, 0.3) is 11.4 Å². The fourth-order valence-corrected chi connectivity index (χ4v) is 2.18. The average molecular weight is 351 g/mol. The predicted octanol–water partition coefficient (Wildman–Crippen LogP) is 2.87. The molecule has 0 aliphatic heterocycles.